The molecule has 0 fully saturated rings. The van der Waals surface area contributed by atoms with Crippen LogP contribution < -0.4 is 19.9 Å². The molecular weight excluding hydrogens is 1960 g/mol. The first kappa shape index (κ1) is 137. The van der Waals surface area contributed by atoms with Crippen molar-refractivity contribution in [1.29, 1.82) is 0 Å². The fourth-order valence-corrected chi connectivity index (χ4v) is 13.2. The van der Waals surface area contributed by atoms with Crippen LogP contribution in [0, 0.1) is 18.6 Å². The molecule has 1 amide bonds. The van der Waals surface area contributed by atoms with Gasteiger partial charge in [0.05, 0.1) is 33.6 Å². The number of aryl methyl sites for hydroxylation is 1. The summed E-state index contributed by atoms with van der Waals surface area (Å²) < 4.78 is 99.7. The molecule has 0 bridgehead atoms. The second kappa shape index (κ2) is 55.7. The van der Waals surface area contributed by atoms with Gasteiger partial charge in [-0.2, -0.15) is 0 Å². The lowest BCUT2D eigenvalue weighted by Gasteiger charge is -2.33. The van der Waals surface area contributed by atoms with Crippen molar-refractivity contribution in [2.24, 2.45) is 5.73 Å². The van der Waals surface area contributed by atoms with Crippen LogP contribution in [-0.2, 0) is 147 Å². The van der Waals surface area contributed by atoms with Crippen LogP contribution in [0.2, 0.25) is 0 Å². The molecule has 7 aromatic carbocycles. The van der Waals surface area contributed by atoms with Crippen LogP contribution in [0.4, 0.5) is 17.6 Å². The lowest BCUT2D eigenvalue weighted by atomic mass is 9.91. The van der Waals surface area contributed by atoms with E-state index in [2.05, 4.69) is 9.47 Å². The molecule has 7 aromatic rings. The minimum Gasteiger partial charge on any atom is -0.489 e. The largest absolute Gasteiger partial charge is 0.586 e. The van der Waals surface area contributed by atoms with Gasteiger partial charge >= 0.3 is 89.9 Å². The number of nitrogens with two attached hydrogens (primary N) is 1. The van der Waals surface area contributed by atoms with Crippen molar-refractivity contribution >= 4 is 95.6 Å². The van der Waals surface area contributed by atoms with Crippen molar-refractivity contribution in [1.82, 2.24) is 0 Å². The maximum atomic E-state index is 14.1. The molecule has 1 aliphatic rings. The van der Waals surface area contributed by atoms with Crippen LogP contribution in [0.15, 0.2) is 164 Å². The minimum absolute atomic E-state index is 0. The van der Waals surface area contributed by atoms with E-state index in [9.17, 15) is 151 Å². The standard InChI is InChI=1S/C21H24O6.C17H22O7.C17H20O7.C15H16F2O7.C15H18F2O5.C15H19NO6.5CH4/c1-20(2,3)27-21(18(22)23,19(24)25)13-15-9-11-17(12-10-15)26-14-16-7-5-4-6-8-16;2*1-16(2,3)24-17(14(20)21,15(22)23)10-12-6-4-11(5-7-12)8-9-13(18)19;1-13(2,3)24-14(11(18)19,12(20)21)7-8-4-5-9-10(6-8)23-15(16,17)22-9;1-8-10(16)6-5-9(11(8)17)7-15(12(18)19,13(20)21)22-14(2,3)4;1-14(2,3)22-15(12(18)19,13(20)21)8-9-4-6-10(7-5-9)11(16)17;;;;;/h4-12H,13-14H2,1-3H3,(H,22,23)(H,24,25);4-7H,8-10H2,1-3H3,(H,18,19)(H,20,21)(H,22,23);4-9H,10H2,1-3H3,(H,18,19)(H,20,21)(H,22,23);4-6H,7H2,1-3H3,(H,18,19)(H,20,21);5-6H,7H2,1-4H3,(H,18,19)(H,20,21);4-7H,8H2,1-3H3,(H2,16,17)(H,18,19)(H,20,21);5*1H4/b;;9-8+;;;;;;;;. The summed E-state index contributed by atoms with van der Waals surface area (Å²) in [7, 11) is 0. The van der Waals surface area contributed by atoms with Gasteiger partial charge in [-0.15, -0.1) is 8.78 Å². The number of carboxylic acid groups (broad SMARTS) is 14. The lowest BCUT2D eigenvalue weighted by Crippen LogP contribution is -2.54. The molecule has 0 spiro atoms. The van der Waals surface area contributed by atoms with E-state index in [0.29, 0.717) is 46.6 Å². The lowest BCUT2D eigenvalue weighted by molar-refractivity contribution is -0.286. The second-order valence-electron chi connectivity index (χ2n) is 38.2. The number of carbonyl (C=O) groups is 15. The number of alkyl halides is 2. The fraction of sp³-hybridized carbons (Fsp3) is 0.438. The SMILES string of the molecule is C.C.C.C.C.CC(C)(C)OC(Cc1ccc(/C=C/C(=O)O)cc1)(C(=O)O)C(=O)O.CC(C)(C)OC(Cc1ccc(C(N)=O)cc1)(C(=O)O)C(=O)O.CC(C)(C)OC(Cc1ccc(CCC(=O)O)cc1)(C(=O)O)C(=O)O.CC(C)(C)OC(Cc1ccc(OCc2ccccc2)cc1)(C(=O)O)C(=O)O.CC(C)(C)OC(Cc1ccc2c(c1)OC(F)(F)O2)(C(=O)O)C(=O)O.Cc1c(F)ccc(CC(OC(C)(C)C)(C(=O)O)C(=O)O)c1F. The Kier molecular flexibility index (Phi) is 51.7. The molecule has 0 saturated carbocycles. The Labute approximate surface area is 855 Å². The third kappa shape index (κ3) is 42.0. The Morgan fingerprint density at radius 3 is 0.912 bits per heavy atom. The first-order chi connectivity index (χ1) is 65.3. The number of amides is 1. The first-order valence-electron chi connectivity index (χ1n) is 43.1. The Morgan fingerprint density at radius 1 is 0.338 bits per heavy atom. The van der Waals surface area contributed by atoms with E-state index in [-0.39, 0.29) is 103 Å². The summed E-state index contributed by atoms with van der Waals surface area (Å²) in [6.07, 6.45) is -3.87. The number of rotatable bonds is 39. The Morgan fingerprint density at radius 2 is 0.615 bits per heavy atom. The highest BCUT2D eigenvalue weighted by Gasteiger charge is 2.57. The van der Waals surface area contributed by atoms with Gasteiger partial charge < -0.3 is 120 Å². The van der Waals surface area contributed by atoms with E-state index in [1.165, 1.54) is 97.0 Å². The smallest absolute Gasteiger partial charge is 0.489 e. The average Bonchev–Trinajstić information content (AvgIpc) is 1.49. The summed E-state index contributed by atoms with van der Waals surface area (Å²) in [6.45, 7) is 29.6. The van der Waals surface area contributed by atoms with Crippen LogP contribution in [0.1, 0.15) is 234 Å². The van der Waals surface area contributed by atoms with Crippen molar-refractivity contribution in [2.75, 3.05) is 0 Å². The van der Waals surface area contributed by atoms with Crippen LogP contribution in [0.5, 0.6) is 17.2 Å². The van der Waals surface area contributed by atoms with Gasteiger partial charge in [0.1, 0.15) is 24.0 Å². The van der Waals surface area contributed by atoms with Crippen molar-refractivity contribution in [3.8, 4) is 17.2 Å². The number of halogens is 4. The van der Waals surface area contributed by atoms with Gasteiger partial charge in [0, 0.05) is 62.1 Å². The van der Waals surface area contributed by atoms with Gasteiger partial charge in [-0.25, -0.2) is 71.1 Å². The summed E-state index contributed by atoms with van der Waals surface area (Å²) in [5.41, 5.74) is -11.6. The third-order valence-corrected chi connectivity index (χ3v) is 19.1. The molecule has 0 aliphatic carbocycles. The summed E-state index contributed by atoms with van der Waals surface area (Å²) in [5.74, 6) is -23.8. The van der Waals surface area contributed by atoms with E-state index >= 15 is 0 Å². The molecule has 16 N–H and O–H groups in total. The molecule has 0 saturated heterocycles. The van der Waals surface area contributed by atoms with Crippen LogP contribution in [-0.4, -0.2) is 234 Å². The number of primary amides is 1. The molecule has 0 radical (unpaired) electrons. The molecule has 1 aliphatic heterocycles. The molecule has 0 aromatic heterocycles. The minimum atomic E-state index is -3.82. The van der Waals surface area contributed by atoms with E-state index in [4.69, 9.17) is 49.1 Å². The Balaban J connectivity index is -0.00000170. The third-order valence-electron chi connectivity index (χ3n) is 19.1. The number of aliphatic carboxylic acids is 14. The highest BCUT2D eigenvalue weighted by Crippen LogP contribution is 2.43. The quantitative estimate of drug-likeness (QED) is 0.00966. The number of carbonyl (C=O) groups excluding carboxylic acids is 1. The fourth-order valence-electron chi connectivity index (χ4n) is 13.2. The molecule has 39 nitrogen and oxygen atoms in total. The zero-order valence-electron chi connectivity index (χ0n) is 81.7. The van der Waals surface area contributed by atoms with Crippen LogP contribution >= 0.6 is 0 Å². The van der Waals surface area contributed by atoms with Gasteiger partial charge in [-0.1, -0.05) is 152 Å². The molecule has 0 unspecified atom stereocenters. The molecule has 820 valence electrons. The van der Waals surface area contributed by atoms with Gasteiger partial charge in [-0.05, 0) is 237 Å². The number of benzene rings is 7. The van der Waals surface area contributed by atoms with Crippen molar-refractivity contribution < 1.29 is 204 Å². The maximum absolute atomic E-state index is 14.1. The Hall–Kier alpha value is -14.8. The van der Waals surface area contributed by atoms with Crippen LogP contribution in [0.25, 0.3) is 6.08 Å². The van der Waals surface area contributed by atoms with Crippen LogP contribution in [0.3, 0.4) is 0 Å². The van der Waals surface area contributed by atoms with Gasteiger partial charge in [0.25, 0.3) is 33.6 Å². The normalized spacial score (nSPS) is 12.3. The van der Waals surface area contributed by atoms with Gasteiger partial charge in [0.2, 0.25) is 5.91 Å². The summed E-state index contributed by atoms with van der Waals surface area (Å²) >= 11 is 0. The van der Waals surface area contributed by atoms with E-state index in [0.717, 1.165) is 41.5 Å². The zero-order chi connectivity index (χ0) is 110. The zero-order valence-corrected chi connectivity index (χ0v) is 81.7. The molecular formula is C105H139F4NO38. The molecule has 148 heavy (non-hydrogen) atoms. The number of hydrogen-bond donors (Lipinski definition) is 15. The summed E-state index contributed by atoms with van der Waals surface area (Å²) in [5, 5.41) is 130. The highest BCUT2D eigenvalue weighted by atomic mass is 19.3. The topological polar surface area (TPSA) is 648 Å². The number of carboxylic acids is 14. The predicted octanol–water partition coefficient (Wildman–Crippen LogP) is 16.6. The molecule has 43 heteroatoms. The second-order valence-corrected chi connectivity index (χ2v) is 38.2. The van der Waals surface area contributed by atoms with E-state index in [1.54, 1.807) is 144 Å². The predicted molar refractivity (Wildman–Crippen MR) is 530 cm³/mol. The molecule has 0 atom stereocenters. The number of hydrogen-bond acceptors (Lipinski definition) is 24. The Bertz CT molecular complexity index is 5630. The number of fused-ring (bicyclic) bond motifs is 1. The van der Waals surface area contributed by atoms with Gasteiger partial charge in [-0.3, -0.25) is 9.59 Å². The monoisotopic (exact) mass is 2100 g/mol. The number of ether oxygens (including phenoxy) is 9. The van der Waals surface area contributed by atoms with E-state index in [1.807, 2.05) is 30.3 Å². The molecule has 8 rings (SSSR count). The average molecular weight is 2100 g/mol. The highest BCUT2D eigenvalue weighted by molar-refractivity contribution is 6.06. The van der Waals surface area contributed by atoms with Crippen molar-refractivity contribution in [3.05, 3.63) is 237 Å². The summed E-state index contributed by atoms with van der Waals surface area (Å²) in [4.78, 5) is 171. The maximum Gasteiger partial charge on any atom is 0.586 e. The van der Waals surface area contributed by atoms with Crippen molar-refractivity contribution in [3.63, 3.8) is 0 Å². The van der Waals surface area contributed by atoms with E-state index < -0.39 is 187 Å². The van der Waals surface area contributed by atoms with Gasteiger partial charge in [0.15, 0.2) is 11.5 Å². The first-order valence-corrected chi connectivity index (χ1v) is 43.1. The van der Waals surface area contributed by atoms with Crippen molar-refractivity contribution in [2.45, 2.75) is 300 Å². The molecule has 1 heterocycles. The summed E-state index contributed by atoms with van der Waals surface area (Å²) in [6, 6.07) is 40.3.